The third-order valence-corrected chi connectivity index (χ3v) is 6.26. The molecule has 2 aromatic rings. The molecule has 3 saturated heterocycles. The molecule has 140 valence electrons. The van der Waals surface area contributed by atoms with Gasteiger partial charge in [-0.15, -0.1) is 11.3 Å². The highest BCUT2D eigenvalue weighted by Gasteiger charge is 2.40. The molecule has 2 bridgehead atoms. The first-order valence-corrected chi connectivity index (χ1v) is 10.1. The topological polar surface area (TPSA) is 58.8 Å². The predicted octanol–water partition coefficient (Wildman–Crippen LogP) is 2.78. The van der Waals surface area contributed by atoms with E-state index in [9.17, 15) is 4.79 Å². The van der Waals surface area contributed by atoms with E-state index >= 15 is 0 Å². The molecule has 2 aromatic heterocycles. The van der Waals surface area contributed by atoms with E-state index in [1.165, 1.54) is 0 Å². The maximum Gasteiger partial charge on any atom is 0.236 e. The fourth-order valence-corrected chi connectivity index (χ4v) is 4.68. The second-order valence-electron chi connectivity index (χ2n) is 7.15. The predicted molar refractivity (Wildman–Crippen MR) is 99.9 cm³/mol. The van der Waals surface area contributed by atoms with Gasteiger partial charge in [-0.05, 0) is 31.2 Å². The van der Waals surface area contributed by atoms with Crippen molar-refractivity contribution in [2.75, 3.05) is 33.4 Å². The lowest BCUT2D eigenvalue weighted by molar-refractivity contribution is -0.140. The molecule has 0 aliphatic carbocycles. The minimum atomic E-state index is 0.0922. The summed E-state index contributed by atoms with van der Waals surface area (Å²) in [5, 5.41) is 2.03. The summed E-state index contributed by atoms with van der Waals surface area (Å²) in [7, 11) is 1.69. The number of amides is 1. The Bertz CT molecular complexity index is 758. The number of carbonyl (C=O) groups excluding carboxylic acids is 1. The van der Waals surface area contributed by atoms with Crippen LogP contribution in [0.5, 0.6) is 0 Å². The number of aryl methyl sites for hydroxylation is 1. The largest absolute Gasteiger partial charge is 0.440 e. The molecule has 0 saturated carbocycles. The normalized spacial score (nSPS) is 23.6. The molecule has 2 atom stereocenters. The summed E-state index contributed by atoms with van der Waals surface area (Å²) >= 11 is 1.63. The summed E-state index contributed by atoms with van der Waals surface area (Å²) in [6, 6.07) is 4.31. The molecular formula is C19H25N3O3S. The van der Waals surface area contributed by atoms with Crippen LogP contribution in [0.1, 0.15) is 24.3 Å². The smallest absolute Gasteiger partial charge is 0.236 e. The minimum Gasteiger partial charge on any atom is -0.440 e. The third-order valence-electron chi connectivity index (χ3n) is 5.40. The van der Waals surface area contributed by atoms with Gasteiger partial charge in [0.1, 0.15) is 5.76 Å². The van der Waals surface area contributed by atoms with Crippen molar-refractivity contribution in [2.45, 2.75) is 32.4 Å². The zero-order valence-electron chi connectivity index (χ0n) is 15.3. The van der Waals surface area contributed by atoms with E-state index in [0.29, 0.717) is 19.0 Å². The van der Waals surface area contributed by atoms with Crippen molar-refractivity contribution in [3.63, 3.8) is 0 Å². The van der Waals surface area contributed by atoms with Gasteiger partial charge >= 0.3 is 0 Å². The first kappa shape index (κ1) is 17.7. The first-order chi connectivity index (χ1) is 12.7. The van der Waals surface area contributed by atoms with Crippen molar-refractivity contribution < 1.29 is 13.9 Å². The molecule has 3 fully saturated rings. The zero-order chi connectivity index (χ0) is 18.1. The SMILES string of the molecule is COCCN1C(=O)[C@H]2CC[C@@H]1CN(Cc1nc(-c3cccs3)oc1C)C2. The highest BCUT2D eigenvalue weighted by atomic mass is 32.1. The number of carbonyl (C=O) groups is 1. The number of hydrogen-bond acceptors (Lipinski definition) is 6. The molecule has 7 heteroatoms. The van der Waals surface area contributed by atoms with E-state index < -0.39 is 0 Å². The van der Waals surface area contributed by atoms with Crippen LogP contribution in [0.4, 0.5) is 0 Å². The third kappa shape index (κ3) is 3.43. The number of thiophene rings is 1. The Balaban J connectivity index is 1.49. The molecule has 0 spiro atoms. The first-order valence-electron chi connectivity index (χ1n) is 9.17. The lowest BCUT2D eigenvalue weighted by atomic mass is 9.94. The summed E-state index contributed by atoms with van der Waals surface area (Å²) in [6.07, 6.45) is 2.07. The minimum absolute atomic E-state index is 0.0922. The average molecular weight is 375 g/mol. The molecule has 0 radical (unpaired) electrons. The molecule has 0 aromatic carbocycles. The van der Waals surface area contributed by atoms with Crippen molar-refractivity contribution >= 4 is 17.2 Å². The van der Waals surface area contributed by atoms with Crippen LogP contribution in [0.3, 0.4) is 0 Å². The van der Waals surface area contributed by atoms with E-state index in [0.717, 1.165) is 48.8 Å². The van der Waals surface area contributed by atoms with E-state index in [1.807, 2.05) is 29.3 Å². The van der Waals surface area contributed by atoms with Crippen molar-refractivity contribution in [1.29, 1.82) is 0 Å². The van der Waals surface area contributed by atoms with Gasteiger partial charge in [0, 0.05) is 39.3 Å². The summed E-state index contributed by atoms with van der Waals surface area (Å²) in [6.45, 7) is 5.70. The van der Waals surface area contributed by atoms with E-state index in [1.54, 1.807) is 18.4 Å². The van der Waals surface area contributed by atoms with Gasteiger partial charge in [0.05, 0.1) is 23.1 Å². The Labute approximate surface area is 157 Å². The second-order valence-corrected chi connectivity index (χ2v) is 8.09. The van der Waals surface area contributed by atoms with Crippen molar-refractivity contribution in [3.8, 4) is 10.8 Å². The van der Waals surface area contributed by atoms with Gasteiger partial charge in [0.25, 0.3) is 0 Å². The number of aromatic nitrogens is 1. The van der Waals surface area contributed by atoms with E-state index in [4.69, 9.17) is 14.1 Å². The van der Waals surface area contributed by atoms with Crippen LogP contribution < -0.4 is 0 Å². The number of ether oxygens (including phenoxy) is 1. The summed E-state index contributed by atoms with van der Waals surface area (Å²) in [4.78, 5) is 22.9. The van der Waals surface area contributed by atoms with Gasteiger partial charge in [-0.2, -0.15) is 0 Å². The van der Waals surface area contributed by atoms with E-state index in [-0.39, 0.29) is 17.9 Å². The van der Waals surface area contributed by atoms with Crippen LogP contribution >= 0.6 is 11.3 Å². The number of rotatable bonds is 6. The van der Waals surface area contributed by atoms with Gasteiger partial charge < -0.3 is 14.1 Å². The van der Waals surface area contributed by atoms with E-state index in [2.05, 4.69) is 4.90 Å². The van der Waals surface area contributed by atoms with Crippen molar-refractivity contribution in [2.24, 2.45) is 5.92 Å². The van der Waals surface area contributed by atoms with Crippen LogP contribution in [-0.4, -0.2) is 60.1 Å². The lowest BCUT2D eigenvalue weighted by Crippen LogP contribution is -2.49. The van der Waals surface area contributed by atoms with Gasteiger partial charge in [-0.25, -0.2) is 4.98 Å². The van der Waals surface area contributed by atoms with Crippen LogP contribution in [-0.2, 0) is 16.1 Å². The number of methoxy groups -OCH3 is 1. The Morgan fingerprint density at radius 3 is 3.04 bits per heavy atom. The lowest BCUT2D eigenvalue weighted by Gasteiger charge is -2.35. The maximum atomic E-state index is 12.7. The molecule has 3 aliphatic rings. The molecule has 26 heavy (non-hydrogen) atoms. The fraction of sp³-hybridized carbons (Fsp3) is 0.579. The van der Waals surface area contributed by atoms with Gasteiger partial charge in [-0.1, -0.05) is 6.07 Å². The van der Waals surface area contributed by atoms with Crippen LogP contribution in [0.2, 0.25) is 0 Å². The second kappa shape index (κ2) is 7.50. The van der Waals surface area contributed by atoms with Crippen molar-refractivity contribution in [3.05, 3.63) is 29.0 Å². The maximum absolute atomic E-state index is 12.7. The number of fused-ring (bicyclic) bond motifs is 4. The molecule has 0 N–H and O–H groups in total. The van der Waals surface area contributed by atoms with Gasteiger partial charge in [-0.3, -0.25) is 9.69 Å². The van der Waals surface area contributed by atoms with Crippen LogP contribution in [0, 0.1) is 12.8 Å². The van der Waals surface area contributed by atoms with Crippen LogP contribution in [0.15, 0.2) is 21.9 Å². The Kier molecular flexibility index (Phi) is 5.11. The average Bonchev–Trinajstić information content (AvgIpc) is 3.20. The number of nitrogens with zero attached hydrogens (tertiary/aromatic N) is 3. The number of hydrogen-bond donors (Lipinski definition) is 0. The molecule has 6 nitrogen and oxygen atoms in total. The molecule has 5 heterocycles. The number of piperidine rings is 1. The molecule has 1 amide bonds. The molecule has 0 unspecified atom stereocenters. The summed E-state index contributed by atoms with van der Waals surface area (Å²) in [5.41, 5.74) is 0.977. The number of oxazole rings is 1. The van der Waals surface area contributed by atoms with Gasteiger partial charge in [0.15, 0.2) is 0 Å². The Morgan fingerprint density at radius 2 is 2.27 bits per heavy atom. The fourth-order valence-electron chi connectivity index (χ4n) is 4.03. The Morgan fingerprint density at radius 1 is 1.38 bits per heavy atom. The summed E-state index contributed by atoms with van der Waals surface area (Å²) < 4.78 is 11.1. The zero-order valence-corrected chi connectivity index (χ0v) is 16.1. The van der Waals surface area contributed by atoms with Crippen LogP contribution in [0.25, 0.3) is 10.8 Å². The molecular weight excluding hydrogens is 350 g/mol. The highest BCUT2D eigenvalue weighted by Crippen LogP contribution is 2.31. The molecule has 5 rings (SSSR count). The highest BCUT2D eigenvalue weighted by molar-refractivity contribution is 7.13. The summed E-state index contributed by atoms with van der Waals surface area (Å²) in [5.74, 6) is 1.95. The Hall–Kier alpha value is -1.70. The monoisotopic (exact) mass is 375 g/mol. The quantitative estimate of drug-likeness (QED) is 0.777. The molecule has 3 aliphatic heterocycles. The standard InChI is InChI=1S/C19H25N3O3S/c1-13-16(20-18(25-13)17-4-3-9-26-17)12-21-10-14-5-6-15(11-21)22(19(14)23)7-8-24-2/h3-4,9,14-15H,5-8,10-12H2,1-2H3/t14-,15+/m0/s1. The van der Waals surface area contributed by atoms with Crippen molar-refractivity contribution in [1.82, 2.24) is 14.8 Å². The van der Waals surface area contributed by atoms with Gasteiger partial charge in [0.2, 0.25) is 11.8 Å².